The van der Waals surface area contributed by atoms with Gasteiger partial charge < -0.3 is 10.4 Å². The Hall–Kier alpha value is -1.56. The predicted molar refractivity (Wildman–Crippen MR) is 76.1 cm³/mol. The molecule has 0 aromatic heterocycles. The Morgan fingerprint density at radius 1 is 1.32 bits per heavy atom. The standard InChI is InChI=1S/C16H20F3NO2/c1-10(20-15(22)13-3-2-4-14(13)21)9-11-5-7-12(8-6-11)16(17,18)19/h5-8,10,13-14,21H,2-4,9H2,1H3,(H,20,22). The molecular formula is C16H20F3NO2. The third-order valence-electron chi connectivity index (χ3n) is 4.03. The van der Waals surface area contributed by atoms with Gasteiger partial charge >= 0.3 is 6.18 Å². The van der Waals surface area contributed by atoms with E-state index in [0.29, 0.717) is 19.3 Å². The average molecular weight is 315 g/mol. The molecular weight excluding hydrogens is 295 g/mol. The van der Waals surface area contributed by atoms with Crippen molar-refractivity contribution in [2.75, 3.05) is 0 Å². The second kappa shape index (κ2) is 6.69. The van der Waals surface area contributed by atoms with Crippen molar-refractivity contribution in [2.24, 2.45) is 5.92 Å². The molecule has 3 unspecified atom stereocenters. The molecule has 0 radical (unpaired) electrons. The van der Waals surface area contributed by atoms with Crippen molar-refractivity contribution >= 4 is 5.91 Å². The van der Waals surface area contributed by atoms with Gasteiger partial charge in [0.15, 0.2) is 0 Å². The summed E-state index contributed by atoms with van der Waals surface area (Å²) in [6.07, 6.45) is -2.31. The lowest BCUT2D eigenvalue weighted by atomic mass is 10.0. The van der Waals surface area contributed by atoms with E-state index < -0.39 is 17.8 Å². The second-order valence-corrected chi connectivity index (χ2v) is 5.91. The van der Waals surface area contributed by atoms with Gasteiger partial charge in [-0.15, -0.1) is 0 Å². The van der Waals surface area contributed by atoms with Crippen molar-refractivity contribution in [2.45, 2.75) is 50.9 Å². The number of aliphatic hydroxyl groups excluding tert-OH is 1. The number of rotatable bonds is 4. The molecule has 0 spiro atoms. The normalized spacial score (nSPS) is 23.3. The van der Waals surface area contributed by atoms with Gasteiger partial charge in [0.1, 0.15) is 0 Å². The summed E-state index contributed by atoms with van der Waals surface area (Å²) in [6, 6.07) is 4.75. The minimum atomic E-state index is -4.34. The Kier molecular flexibility index (Phi) is 5.11. The van der Waals surface area contributed by atoms with E-state index in [1.807, 2.05) is 0 Å². The fourth-order valence-corrected chi connectivity index (χ4v) is 2.83. The van der Waals surface area contributed by atoms with Gasteiger partial charge in [0.2, 0.25) is 5.91 Å². The van der Waals surface area contributed by atoms with Crippen LogP contribution >= 0.6 is 0 Å². The van der Waals surface area contributed by atoms with Crippen LogP contribution in [0.3, 0.4) is 0 Å². The second-order valence-electron chi connectivity index (χ2n) is 5.91. The number of nitrogens with one attached hydrogen (secondary N) is 1. The number of amides is 1. The largest absolute Gasteiger partial charge is 0.416 e. The maximum atomic E-state index is 12.5. The van der Waals surface area contributed by atoms with E-state index in [9.17, 15) is 23.1 Å². The molecule has 1 aromatic carbocycles. The molecule has 1 amide bonds. The molecule has 0 saturated heterocycles. The summed E-state index contributed by atoms with van der Waals surface area (Å²) < 4.78 is 37.4. The molecule has 1 aliphatic rings. The van der Waals surface area contributed by atoms with Crippen LogP contribution < -0.4 is 5.32 Å². The highest BCUT2D eigenvalue weighted by molar-refractivity contribution is 5.79. The minimum Gasteiger partial charge on any atom is -0.392 e. The van der Waals surface area contributed by atoms with Gasteiger partial charge in [0.25, 0.3) is 0 Å². The molecule has 6 heteroatoms. The summed E-state index contributed by atoms with van der Waals surface area (Å²) in [7, 11) is 0. The van der Waals surface area contributed by atoms with Crippen molar-refractivity contribution in [3.05, 3.63) is 35.4 Å². The van der Waals surface area contributed by atoms with Crippen LogP contribution in [0.4, 0.5) is 13.2 Å². The fraction of sp³-hybridized carbons (Fsp3) is 0.562. The van der Waals surface area contributed by atoms with E-state index in [2.05, 4.69) is 5.32 Å². The third kappa shape index (κ3) is 4.22. The lowest BCUT2D eigenvalue weighted by molar-refractivity contribution is -0.137. The zero-order valence-corrected chi connectivity index (χ0v) is 12.4. The Balaban J connectivity index is 1.89. The van der Waals surface area contributed by atoms with Gasteiger partial charge in [-0.2, -0.15) is 13.2 Å². The highest BCUT2D eigenvalue weighted by Gasteiger charge is 2.32. The average Bonchev–Trinajstić information content (AvgIpc) is 2.84. The molecule has 22 heavy (non-hydrogen) atoms. The Labute approximate surface area is 127 Å². The number of halogens is 3. The highest BCUT2D eigenvalue weighted by Crippen LogP contribution is 2.29. The molecule has 3 atom stereocenters. The highest BCUT2D eigenvalue weighted by atomic mass is 19.4. The molecule has 0 bridgehead atoms. The number of hydrogen-bond acceptors (Lipinski definition) is 2. The van der Waals surface area contributed by atoms with Gasteiger partial charge in [-0.05, 0) is 50.3 Å². The molecule has 122 valence electrons. The lowest BCUT2D eigenvalue weighted by Crippen LogP contribution is -2.40. The van der Waals surface area contributed by atoms with Crippen LogP contribution in [0.2, 0.25) is 0 Å². The molecule has 1 saturated carbocycles. The van der Waals surface area contributed by atoms with E-state index in [1.165, 1.54) is 12.1 Å². The first kappa shape index (κ1) is 16.8. The van der Waals surface area contributed by atoms with Gasteiger partial charge in [-0.3, -0.25) is 4.79 Å². The van der Waals surface area contributed by atoms with Crippen LogP contribution in [0.25, 0.3) is 0 Å². The number of alkyl halides is 3. The number of carbonyl (C=O) groups excluding carboxylic acids is 1. The Morgan fingerprint density at radius 3 is 2.45 bits per heavy atom. The monoisotopic (exact) mass is 315 g/mol. The summed E-state index contributed by atoms with van der Waals surface area (Å²) in [5.41, 5.74) is 0.0507. The summed E-state index contributed by atoms with van der Waals surface area (Å²) >= 11 is 0. The van der Waals surface area contributed by atoms with Crippen LogP contribution in [0.15, 0.2) is 24.3 Å². The first-order chi connectivity index (χ1) is 10.3. The molecule has 1 aromatic rings. The molecule has 2 rings (SSSR count). The van der Waals surface area contributed by atoms with Crippen molar-refractivity contribution < 1.29 is 23.1 Å². The first-order valence-corrected chi connectivity index (χ1v) is 7.42. The molecule has 2 N–H and O–H groups in total. The number of benzene rings is 1. The molecule has 0 aliphatic heterocycles. The van der Waals surface area contributed by atoms with Gasteiger partial charge in [-0.1, -0.05) is 12.1 Å². The molecule has 3 nitrogen and oxygen atoms in total. The molecule has 1 aliphatic carbocycles. The Morgan fingerprint density at radius 2 is 1.95 bits per heavy atom. The smallest absolute Gasteiger partial charge is 0.392 e. The zero-order chi connectivity index (χ0) is 16.3. The van der Waals surface area contributed by atoms with E-state index in [4.69, 9.17) is 0 Å². The molecule has 0 heterocycles. The van der Waals surface area contributed by atoms with E-state index in [-0.39, 0.29) is 17.9 Å². The van der Waals surface area contributed by atoms with E-state index in [0.717, 1.165) is 24.1 Å². The van der Waals surface area contributed by atoms with E-state index in [1.54, 1.807) is 6.92 Å². The summed E-state index contributed by atoms with van der Waals surface area (Å²) in [4.78, 5) is 12.0. The Bertz CT molecular complexity index is 513. The maximum Gasteiger partial charge on any atom is 0.416 e. The lowest BCUT2D eigenvalue weighted by Gasteiger charge is -2.19. The summed E-state index contributed by atoms with van der Waals surface area (Å²) in [6.45, 7) is 1.80. The predicted octanol–water partition coefficient (Wildman–Crippen LogP) is 2.91. The quantitative estimate of drug-likeness (QED) is 0.897. The summed E-state index contributed by atoms with van der Waals surface area (Å²) in [5.74, 6) is -0.542. The molecule has 1 fully saturated rings. The van der Waals surface area contributed by atoms with Gasteiger partial charge in [0, 0.05) is 6.04 Å². The van der Waals surface area contributed by atoms with Crippen molar-refractivity contribution in [3.63, 3.8) is 0 Å². The van der Waals surface area contributed by atoms with Crippen molar-refractivity contribution in [3.8, 4) is 0 Å². The maximum absolute atomic E-state index is 12.5. The van der Waals surface area contributed by atoms with Gasteiger partial charge in [0.05, 0.1) is 17.6 Å². The SMILES string of the molecule is CC(Cc1ccc(C(F)(F)F)cc1)NC(=O)C1CCCC1O. The van der Waals surface area contributed by atoms with Crippen LogP contribution in [0, 0.1) is 5.92 Å². The zero-order valence-electron chi connectivity index (χ0n) is 12.4. The van der Waals surface area contributed by atoms with E-state index >= 15 is 0 Å². The topological polar surface area (TPSA) is 49.3 Å². The minimum absolute atomic E-state index is 0.176. The van der Waals surface area contributed by atoms with Crippen LogP contribution in [-0.2, 0) is 17.4 Å². The first-order valence-electron chi connectivity index (χ1n) is 7.42. The van der Waals surface area contributed by atoms with Crippen molar-refractivity contribution in [1.82, 2.24) is 5.32 Å². The van der Waals surface area contributed by atoms with Crippen LogP contribution in [0.5, 0.6) is 0 Å². The number of aliphatic hydroxyl groups is 1. The fourth-order valence-electron chi connectivity index (χ4n) is 2.83. The van der Waals surface area contributed by atoms with Crippen LogP contribution in [0.1, 0.15) is 37.3 Å². The number of carbonyl (C=O) groups is 1. The van der Waals surface area contributed by atoms with Crippen molar-refractivity contribution in [1.29, 1.82) is 0 Å². The summed E-state index contributed by atoms with van der Waals surface area (Å²) in [5, 5.41) is 12.5. The van der Waals surface area contributed by atoms with Gasteiger partial charge in [-0.25, -0.2) is 0 Å². The third-order valence-corrected chi connectivity index (χ3v) is 4.03. The van der Waals surface area contributed by atoms with Crippen LogP contribution in [-0.4, -0.2) is 23.2 Å². The number of hydrogen-bond donors (Lipinski definition) is 2.